The van der Waals surface area contributed by atoms with Crippen LogP contribution in [0.15, 0.2) is 30.3 Å². The van der Waals surface area contributed by atoms with Crippen LogP contribution in [-0.4, -0.2) is 20.7 Å². The topological polar surface area (TPSA) is 59.8 Å². The summed E-state index contributed by atoms with van der Waals surface area (Å²) in [7, 11) is 1.90. The highest BCUT2D eigenvalue weighted by molar-refractivity contribution is 6.06. The molecule has 0 aliphatic heterocycles. The van der Waals surface area contributed by atoms with Gasteiger partial charge in [-0.1, -0.05) is 24.3 Å². The normalized spacial score (nSPS) is 18.9. The number of aryl methyl sites for hydroxylation is 3. The number of hydrogen-bond donors (Lipinski definition) is 1. The highest BCUT2D eigenvalue weighted by atomic mass is 16.1. The zero-order valence-corrected chi connectivity index (χ0v) is 15.1. The number of benzene rings is 1. The number of pyridine rings is 1. The zero-order chi connectivity index (χ0) is 17.8. The summed E-state index contributed by atoms with van der Waals surface area (Å²) in [4.78, 5) is 18.0. The number of hydrogen-bond acceptors (Lipinski definition) is 3. The quantitative estimate of drug-likeness (QED) is 0.789. The summed E-state index contributed by atoms with van der Waals surface area (Å²) in [6.07, 6.45) is 4.30. The molecule has 0 saturated heterocycles. The van der Waals surface area contributed by atoms with Gasteiger partial charge < -0.3 is 5.32 Å². The van der Waals surface area contributed by atoms with Gasteiger partial charge in [-0.25, -0.2) is 4.98 Å². The van der Waals surface area contributed by atoms with Crippen molar-refractivity contribution in [2.45, 2.75) is 44.6 Å². The summed E-state index contributed by atoms with van der Waals surface area (Å²) in [6, 6.07) is 10.5. The Balaban J connectivity index is 1.55. The third kappa shape index (κ3) is 2.42. The Hall–Kier alpha value is -2.69. The van der Waals surface area contributed by atoms with Crippen LogP contribution in [-0.2, 0) is 13.5 Å². The Kier molecular flexibility index (Phi) is 3.39. The fourth-order valence-corrected chi connectivity index (χ4v) is 4.17. The van der Waals surface area contributed by atoms with E-state index in [1.807, 2.05) is 26.1 Å². The highest BCUT2D eigenvalue weighted by Gasteiger charge is 2.30. The first-order chi connectivity index (χ1) is 12.6. The van der Waals surface area contributed by atoms with Crippen molar-refractivity contribution >= 4 is 16.9 Å². The van der Waals surface area contributed by atoms with Crippen molar-refractivity contribution in [3.05, 3.63) is 58.4 Å². The average molecular weight is 346 g/mol. The van der Waals surface area contributed by atoms with Crippen LogP contribution < -0.4 is 5.32 Å². The Morgan fingerprint density at radius 1 is 1.23 bits per heavy atom. The molecular weight excluding hydrogens is 324 g/mol. The molecule has 1 saturated carbocycles. The van der Waals surface area contributed by atoms with Crippen molar-refractivity contribution in [1.82, 2.24) is 20.1 Å². The van der Waals surface area contributed by atoms with Gasteiger partial charge >= 0.3 is 0 Å². The molecule has 2 heterocycles. The van der Waals surface area contributed by atoms with E-state index in [-0.39, 0.29) is 11.9 Å². The maximum atomic E-state index is 13.2. The van der Waals surface area contributed by atoms with Gasteiger partial charge in [-0.15, -0.1) is 0 Å². The van der Waals surface area contributed by atoms with E-state index >= 15 is 0 Å². The predicted octanol–water partition coefficient (Wildman–Crippen LogP) is 3.57. The number of aromatic nitrogens is 3. The van der Waals surface area contributed by atoms with E-state index in [0.29, 0.717) is 11.5 Å². The molecule has 0 radical (unpaired) electrons. The first-order valence-electron chi connectivity index (χ1n) is 9.34. The number of amides is 1. The van der Waals surface area contributed by atoms with Crippen molar-refractivity contribution in [2.24, 2.45) is 7.05 Å². The second kappa shape index (κ2) is 5.66. The summed E-state index contributed by atoms with van der Waals surface area (Å²) in [5.41, 5.74) is 5.99. The van der Waals surface area contributed by atoms with Crippen LogP contribution in [0.25, 0.3) is 11.0 Å². The smallest absolute Gasteiger partial charge is 0.252 e. The summed E-state index contributed by atoms with van der Waals surface area (Å²) in [6.45, 7) is 1.95. The van der Waals surface area contributed by atoms with Crippen molar-refractivity contribution in [3.8, 4) is 0 Å². The Morgan fingerprint density at radius 3 is 2.85 bits per heavy atom. The number of rotatable bonds is 3. The van der Waals surface area contributed by atoms with E-state index in [1.54, 1.807) is 4.68 Å². The van der Waals surface area contributed by atoms with Gasteiger partial charge in [-0.05, 0) is 49.8 Å². The number of carbonyl (C=O) groups is 1. The zero-order valence-electron chi connectivity index (χ0n) is 15.1. The molecule has 1 atom stereocenters. The predicted molar refractivity (Wildman–Crippen MR) is 100 cm³/mol. The minimum atomic E-state index is -0.0166. The van der Waals surface area contributed by atoms with E-state index in [4.69, 9.17) is 4.98 Å². The van der Waals surface area contributed by atoms with E-state index in [2.05, 4.69) is 28.6 Å². The second-order valence-electron chi connectivity index (χ2n) is 7.54. The highest BCUT2D eigenvalue weighted by Crippen LogP contribution is 2.40. The van der Waals surface area contributed by atoms with E-state index in [1.165, 1.54) is 11.1 Å². The molecule has 1 amide bonds. The summed E-state index contributed by atoms with van der Waals surface area (Å²) < 4.78 is 1.79. The van der Waals surface area contributed by atoms with E-state index in [9.17, 15) is 4.79 Å². The maximum absolute atomic E-state index is 13.2. The molecule has 5 heteroatoms. The average Bonchev–Trinajstić information content (AvgIpc) is 3.36. The molecule has 26 heavy (non-hydrogen) atoms. The fourth-order valence-electron chi connectivity index (χ4n) is 4.17. The largest absolute Gasteiger partial charge is 0.345 e. The minimum absolute atomic E-state index is 0.0166. The van der Waals surface area contributed by atoms with Crippen molar-refractivity contribution < 1.29 is 4.79 Å². The molecule has 2 aromatic heterocycles. The molecule has 3 aromatic rings. The number of nitrogens with one attached hydrogen (secondary N) is 1. The first-order valence-corrected chi connectivity index (χ1v) is 9.34. The summed E-state index contributed by atoms with van der Waals surface area (Å²) in [5, 5.41) is 8.63. The Morgan fingerprint density at radius 2 is 2.04 bits per heavy atom. The van der Waals surface area contributed by atoms with Crippen molar-refractivity contribution in [1.29, 1.82) is 0 Å². The van der Waals surface area contributed by atoms with Gasteiger partial charge in [0.1, 0.15) is 0 Å². The number of nitrogens with zero attached hydrogens (tertiary/aromatic N) is 3. The van der Waals surface area contributed by atoms with Crippen LogP contribution >= 0.6 is 0 Å². The van der Waals surface area contributed by atoms with Crippen LogP contribution in [0.3, 0.4) is 0 Å². The third-order valence-corrected chi connectivity index (χ3v) is 5.67. The molecule has 2 aliphatic carbocycles. The van der Waals surface area contributed by atoms with Gasteiger partial charge in [-0.3, -0.25) is 9.48 Å². The number of carbonyl (C=O) groups excluding carboxylic acids is 1. The fraction of sp³-hybridized carbons (Fsp3) is 0.381. The van der Waals surface area contributed by atoms with Crippen LogP contribution in [0.4, 0.5) is 0 Å². The van der Waals surface area contributed by atoms with Gasteiger partial charge in [0.05, 0.1) is 22.7 Å². The van der Waals surface area contributed by atoms with Crippen molar-refractivity contribution in [2.75, 3.05) is 0 Å². The minimum Gasteiger partial charge on any atom is -0.345 e. The number of fused-ring (bicyclic) bond motifs is 2. The summed E-state index contributed by atoms with van der Waals surface area (Å²) >= 11 is 0. The molecular formula is C21H22N4O. The molecule has 0 spiro atoms. The van der Waals surface area contributed by atoms with Gasteiger partial charge in [0.15, 0.2) is 5.65 Å². The lowest BCUT2D eigenvalue weighted by Crippen LogP contribution is -2.27. The molecule has 1 N–H and O–H groups in total. The molecule has 1 aromatic carbocycles. The molecule has 0 bridgehead atoms. The molecule has 132 valence electrons. The van der Waals surface area contributed by atoms with Gasteiger partial charge in [0.2, 0.25) is 0 Å². The lowest BCUT2D eigenvalue weighted by Gasteiger charge is -2.15. The van der Waals surface area contributed by atoms with Crippen LogP contribution in [0, 0.1) is 6.92 Å². The first kappa shape index (κ1) is 15.6. The van der Waals surface area contributed by atoms with E-state index in [0.717, 1.165) is 48.1 Å². The molecule has 1 fully saturated rings. The SMILES string of the molecule is Cc1nn(C)c2nc(C3CC3)cc(C(=O)NC3CCc4ccccc43)c12. The Labute approximate surface area is 152 Å². The summed E-state index contributed by atoms with van der Waals surface area (Å²) in [5.74, 6) is 0.477. The maximum Gasteiger partial charge on any atom is 0.252 e. The molecule has 1 unspecified atom stereocenters. The van der Waals surface area contributed by atoms with Gasteiger partial charge in [0.25, 0.3) is 5.91 Å². The van der Waals surface area contributed by atoms with Gasteiger partial charge in [-0.2, -0.15) is 5.10 Å². The molecule has 5 nitrogen and oxygen atoms in total. The monoisotopic (exact) mass is 346 g/mol. The van der Waals surface area contributed by atoms with E-state index < -0.39 is 0 Å². The van der Waals surface area contributed by atoms with Crippen LogP contribution in [0.5, 0.6) is 0 Å². The van der Waals surface area contributed by atoms with Crippen LogP contribution in [0.2, 0.25) is 0 Å². The molecule has 2 aliphatic rings. The standard InChI is InChI=1S/C21H22N4O/c1-12-19-16(11-18(14-7-8-14)22-20(19)25(2)24-12)21(26)23-17-10-9-13-5-3-4-6-15(13)17/h3-6,11,14,17H,7-10H2,1-2H3,(H,23,26). The van der Waals surface area contributed by atoms with Crippen LogP contribution in [0.1, 0.15) is 64.1 Å². The van der Waals surface area contributed by atoms with Gasteiger partial charge in [0, 0.05) is 18.7 Å². The lowest BCUT2D eigenvalue weighted by atomic mass is 10.0. The van der Waals surface area contributed by atoms with Crippen molar-refractivity contribution in [3.63, 3.8) is 0 Å². The second-order valence-corrected chi connectivity index (χ2v) is 7.54. The molecule has 5 rings (SSSR count). The Bertz CT molecular complexity index is 1030. The lowest BCUT2D eigenvalue weighted by molar-refractivity contribution is 0.0938. The third-order valence-electron chi connectivity index (χ3n) is 5.67.